The molecule has 5 rings (SSSR count). The lowest BCUT2D eigenvalue weighted by atomic mass is 9.84. The van der Waals surface area contributed by atoms with Gasteiger partial charge in [0.2, 0.25) is 5.91 Å². The summed E-state index contributed by atoms with van der Waals surface area (Å²) in [6, 6.07) is 6.89. The van der Waals surface area contributed by atoms with Gasteiger partial charge in [-0.05, 0) is 36.8 Å². The third kappa shape index (κ3) is 4.71. The lowest BCUT2D eigenvalue weighted by molar-refractivity contribution is -0.137. The molecule has 12 heteroatoms. The number of alkyl halides is 1. The first-order valence-corrected chi connectivity index (χ1v) is 12.7. The van der Waals surface area contributed by atoms with Gasteiger partial charge in [0.05, 0.1) is 11.1 Å². The zero-order valence-electron chi connectivity index (χ0n) is 19.8. The maximum Gasteiger partial charge on any atom is 0.274 e. The van der Waals surface area contributed by atoms with Crippen molar-refractivity contribution in [2.75, 3.05) is 32.2 Å². The number of likely N-dealkylation sites (tertiary alicyclic amines) is 1. The average molecular weight is 548 g/mol. The van der Waals surface area contributed by atoms with Crippen molar-refractivity contribution in [3.8, 4) is 0 Å². The van der Waals surface area contributed by atoms with Gasteiger partial charge in [-0.2, -0.15) is 0 Å². The molecule has 1 saturated carbocycles. The number of thioether (sulfide) groups is 1. The van der Waals surface area contributed by atoms with Crippen LogP contribution in [0, 0.1) is 11.7 Å². The lowest BCUT2D eigenvalue weighted by Crippen LogP contribution is -2.53. The number of carbonyl (C=O) groups is 2. The number of nitrogens with two attached hydrogens (primary N) is 1. The number of pyridine rings is 1. The van der Waals surface area contributed by atoms with Crippen LogP contribution in [0.3, 0.4) is 0 Å². The van der Waals surface area contributed by atoms with E-state index < -0.39 is 34.6 Å². The summed E-state index contributed by atoms with van der Waals surface area (Å²) in [7, 11) is 1.60. The Bertz CT molecular complexity index is 1300. The molecule has 3 aliphatic rings. The molecule has 1 saturated heterocycles. The Labute approximate surface area is 221 Å². The maximum atomic E-state index is 15.2. The van der Waals surface area contributed by atoms with Crippen molar-refractivity contribution in [2.45, 2.75) is 22.8 Å². The number of amides is 2. The van der Waals surface area contributed by atoms with Crippen LogP contribution in [0.5, 0.6) is 0 Å². The summed E-state index contributed by atoms with van der Waals surface area (Å²) in [5.74, 6) is -1.81. The Hall–Kier alpha value is -3.02. The fourth-order valence-electron chi connectivity index (χ4n) is 4.82. The minimum absolute atomic E-state index is 0.0163. The molecule has 0 unspecified atom stereocenters. The van der Waals surface area contributed by atoms with Gasteiger partial charge in [-0.25, -0.2) is 18.8 Å². The monoisotopic (exact) mass is 547 g/mol. The minimum atomic E-state index is -1.59. The first-order valence-electron chi connectivity index (χ1n) is 11.5. The number of aromatic nitrogens is 1. The zero-order valence-corrected chi connectivity index (χ0v) is 21.4. The normalized spacial score (nSPS) is 26.9. The Morgan fingerprint density at radius 2 is 2.14 bits per heavy atom. The fourth-order valence-corrected chi connectivity index (χ4v) is 6.26. The molecule has 2 aromatic rings. The van der Waals surface area contributed by atoms with Gasteiger partial charge in [0.25, 0.3) is 5.91 Å². The SMILES string of the molecule is COC1CN(C(=O)/C=C/[C@]23C[C@H]2[C@@](CF)(c2cc(NC(=O)c4ccc(Cl)cn4)ccc2F)N=C(N)S3)C1. The smallest absolute Gasteiger partial charge is 0.274 e. The van der Waals surface area contributed by atoms with E-state index in [2.05, 4.69) is 15.3 Å². The second kappa shape index (κ2) is 9.70. The molecule has 194 valence electrons. The number of methoxy groups -OCH3 is 1. The Balaban J connectivity index is 1.40. The Morgan fingerprint density at radius 3 is 2.81 bits per heavy atom. The van der Waals surface area contributed by atoms with Crippen molar-refractivity contribution < 1.29 is 23.1 Å². The number of nitrogens with one attached hydrogen (secondary N) is 1. The summed E-state index contributed by atoms with van der Waals surface area (Å²) < 4.78 is 34.5. The third-order valence-corrected chi connectivity index (χ3v) is 8.48. The van der Waals surface area contributed by atoms with Crippen LogP contribution in [0.15, 0.2) is 53.7 Å². The van der Waals surface area contributed by atoms with Crippen LogP contribution < -0.4 is 11.1 Å². The topological polar surface area (TPSA) is 110 Å². The van der Waals surface area contributed by atoms with Crippen molar-refractivity contribution in [1.29, 1.82) is 0 Å². The summed E-state index contributed by atoms with van der Waals surface area (Å²) >= 11 is 7.07. The van der Waals surface area contributed by atoms with E-state index in [-0.39, 0.29) is 34.1 Å². The van der Waals surface area contributed by atoms with Gasteiger partial charge in [0.1, 0.15) is 23.7 Å². The van der Waals surface area contributed by atoms with E-state index in [0.717, 1.165) is 6.07 Å². The van der Waals surface area contributed by atoms with E-state index in [9.17, 15) is 14.0 Å². The zero-order chi connectivity index (χ0) is 26.4. The number of ether oxygens (including phenoxy) is 1. The summed E-state index contributed by atoms with van der Waals surface area (Å²) in [5.41, 5.74) is 4.87. The molecule has 0 spiro atoms. The molecule has 2 fully saturated rings. The van der Waals surface area contributed by atoms with Crippen LogP contribution in [-0.2, 0) is 15.1 Å². The molecule has 1 aromatic carbocycles. The van der Waals surface area contributed by atoms with Gasteiger partial charge in [0.15, 0.2) is 5.17 Å². The summed E-state index contributed by atoms with van der Waals surface area (Å²) in [4.78, 5) is 35.1. The number of hydrogen-bond acceptors (Lipinski definition) is 7. The molecule has 3 atom stereocenters. The standard InChI is InChI=1S/C25H24ClF2N5O3S/c1-36-16-11-33(12-16)21(34)6-7-24-9-20(24)25(13-27,32-23(29)37-24)17-8-15(3-4-18(17)28)31-22(35)19-5-2-14(26)10-30-19/h2-8,10,16,20H,9,11-13H2,1H3,(H2,29,32)(H,31,35)/b7-6+/t20-,24+,25-/m1/s1. The largest absolute Gasteiger partial charge is 0.378 e. The van der Waals surface area contributed by atoms with E-state index in [1.807, 2.05) is 0 Å². The van der Waals surface area contributed by atoms with E-state index >= 15 is 4.39 Å². The number of amidine groups is 1. The highest BCUT2D eigenvalue weighted by Crippen LogP contribution is 2.67. The summed E-state index contributed by atoms with van der Waals surface area (Å²) in [6.45, 7) is 0.0181. The quantitative estimate of drug-likeness (QED) is 0.513. The van der Waals surface area contributed by atoms with Gasteiger partial charge in [-0.1, -0.05) is 29.4 Å². The number of benzene rings is 1. The molecule has 2 amide bonds. The van der Waals surface area contributed by atoms with Crippen LogP contribution >= 0.6 is 23.4 Å². The molecular formula is C25H24ClF2N5O3S. The highest BCUT2D eigenvalue weighted by molar-refractivity contribution is 8.15. The van der Waals surface area contributed by atoms with Gasteiger partial charge in [-0.15, -0.1) is 0 Å². The molecule has 0 bridgehead atoms. The van der Waals surface area contributed by atoms with Crippen LogP contribution in [0.2, 0.25) is 5.02 Å². The van der Waals surface area contributed by atoms with Gasteiger partial charge in [0, 0.05) is 54.4 Å². The first kappa shape index (κ1) is 25.6. The molecule has 8 nitrogen and oxygen atoms in total. The number of nitrogens with zero attached hydrogens (tertiary/aromatic N) is 3. The van der Waals surface area contributed by atoms with Crippen LogP contribution in [0.1, 0.15) is 22.5 Å². The highest BCUT2D eigenvalue weighted by atomic mass is 35.5. The number of hydrogen-bond donors (Lipinski definition) is 2. The van der Waals surface area contributed by atoms with Crippen LogP contribution in [0.4, 0.5) is 14.5 Å². The molecule has 1 aromatic heterocycles. The van der Waals surface area contributed by atoms with Crippen molar-refractivity contribution in [1.82, 2.24) is 9.88 Å². The molecule has 2 aliphatic heterocycles. The van der Waals surface area contributed by atoms with Gasteiger partial charge >= 0.3 is 0 Å². The second-order valence-electron chi connectivity index (χ2n) is 9.27. The van der Waals surface area contributed by atoms with E-state index in [0.29, 0.717) is 24.5 Å². The van der Waals surface area contributed by atoms with Crippen LogP contribution in [-0.4, -0.2) is 64.6 Å². The summed E-state index contributed by atoms with van der Waals surface area (Å²) in [5, 5.41) is 3.14. The molecule has 3 N–H and O–H groups in total. The van der Waals surface area contributed by atoms with E-state index in [4.69, 9.17) is 22.1 Å². The molecule has 3 heterocycles. The number of aliphatic imine (C=N–C) groups is 1. The number of rotatable bonds is 7. The van der Waals surface area contributed by atoms with Crippen molar-refractivity contribution >= 4 is 46.0 Å². The fraction of sp³-hybridized carbons (Fsp3) is 0.360. The third-order valence-electron chi connectivity index (χ3n) is 6.99. The molecular weight excluding hydrogens is 524 g/mol. The minimum Gasteiger partial charge on any atom is -0.378 e. The number of carbonyl (C=O) groups excluding carboxylic acids is 2. The van der Waals surface area contributed by atoms with Gasteiger partial charge in [-0.3, -0.25) is 9.59 Å². The number of fused-ring (bicyclic) bond motifs is 1. The second-order valence-corrected chi connectivity index (χ2v) is 11.1. The van der Waals surface area contributed by atoms with Crippen molar-refractivity contribution in [2.24, 2.45) is 16.6 Å². The highest BCUT2D eigenvalue weighted by Gasteiger charge is 2.67. The van der Waals surface area contributed by atoms with E-state index in [1.165, 1.54) is 48.3 Å². The molecule has 0 radical (unpaired) electrons. The Morgan fingerprint density at radius 1 is 1.35 bits per heavy atom. The summed E-state index contributed by atoms with van der Waals surface area (Å²) in [6.07, 6.45) is 5.02. The predicted molar refractivity (Wildman–Crippen MR) is 138 cm³/mol. The van der Waals surface area contributed by atoms with E-state index in [1.54, 1.807) is 18.1 Å². The first-order chi connectivity index (χ1) is 17.7. The maximum absolute atomic E-state index is 15.2. The number of anilines is 1. The van der Waals surface area contributed by atoms with Crippen molar-refractivity contribution in [3.05, 3.63) is 70.8 Å². The lowest BCUT2D eigenvalue weighted by Gasteiger charge is -2.37. The molecule has 37 heavy (non-hydrogen) atoms. The van der Waals surface area contributed by atoms with Crippen LogP contribution in [0.25, 0.3) is 0 Å². The Kier molecular flexibility index (Phi) is 6.71. The average Bonchev–Trinajstić information content (AvgIpc) is 3.58. The number of halogens is 3. The van der Waals surface area contributed by atoms with Crippen molar-refractivity contribution in [3.63, 3.8) is 0 Å². The van der Waals surface area contributed by atoms with Gasteiger partial charge < -0.3 is 20.7 Å². The molecule has 1 aliphatic carbocycles. The predicted octanol–water partition coefficient (Wildman–Crippen LogP) is 3.52.